The van der Waals surface area contributed by atoms with Gasteiger partial charge in [0.05, 0.1) is 0 Å². The van der Waals surface area contributed by atoms with E-state index in [0.717, 1.165) is 99.4 Å². The molecule has 0 saturated carbocycles. The zero-order chi connectivity index (χ0) is 43.8. The smallest absolute Gasteiger partial charge is 0.248 e. The average molecular weight is 847 g/mol. The van der Waals surface area contributed by atoms with Gasteiger partial charge in [-0.05, 0) is 126 Å². The summed E-state index contributed by atoms with van der Waals surface area (Å²) in [5.41, 5.74) is 14.2. The topological polar surface area (TPSA) is 77.8 Å². The minimum Gasteiger partial charge on any atom is -0.416 e. The van der Waals surface area contributed by atoms with Gasteiger partial charge in [-0.15, -0.1) is 20.4 Å². The number of fused-ring (bicyclic) bond motifs is 2. The van der Waals surface area contributed by atoms with Crippen molar-refractivity contribution in [2.75, 3.05) is 0 Å². The Labute approximate surface area is 381 Å². The van der Waals surface area contributed by atoms with Crippen molar-refractivity contribution in [3.8, 4) is 101 Å². The molecule has 0 unspecified atom stereocenters. The Balaban J connectivity index is 0.989. The lowest BCUT2D eigenvalue weighted by Crippen LogP contribution is -1.92. The number of aromatic nitrogens is 4. The van der Waals surface area contributed by atoms with Gasteiger partial charge >= 0.3 is 0 Å². The minimum atomic E-state index is 0.442. The van der Waals surface area contributed by atoms with E-state index in [1.165, 1.54) is 0 Å². The van der Waals surface area contributed by atoms with E-state index in [4.69, 9.17) is 8.83 Å². The highest BCUT2D eigenvalue weighted by Gasteiger charge is 2.20. The van der Waals surface area contributed by atoms with Gasteiger partial charge < -0.3 is 8.83 Å². The highest BCUT2D eigenvalue weighted by Crippen LogP contribution is 2.43. The van der Waals surface area contributed by atoms with Crippen LogP contribution in [0.2, 0.25) is 0 Å². The first-order chi connectivity index (χ1) is 32.7. The van der Waals surface area contributed by atoms with Gasteiger partial charge in [-0.1, -0.05) is 182 Å². The van der Waals surface area contributed by atoms with Gasteiger partial charge in [-0.25, -0.2) is 0 Å². The van der Waals surface area contributed by atoms with Crippen LogP contribution in [0.15, 0.2) is 239 Å². The Bertz CT molecular complexity index is 3440. The summed E-state index contributed by atoms with van der Waals surface area (Å²) < 4.78 is 12.9. The van der Waals surface area contributed by atoms with E-state index in [2.05, 4.69) is 202 Å². The van der Waals surface area contributed by atoms with Crippen molar-refractivity contribution < 1.29 is 8.83 Å². The fraction of sp³-hybridized carbons (Fsp3) is 0. The molecule has 0 radical (unpaired) electrons. The molecule has 12 rings (SSSR count). The SMILES string of the molecule is c1ccc(-c2ccc(-c3cc(-c4nnc(-c5ccc6ccccc6c5)o4)ccc3-c3ccc(-c4nnc(-c5ccc6ccccc6c5)o4)cc3-c3ccc(-c4ccccc4)cc3)cc2)cc1. The van der Waals surface area contributed by atoms with Crippen LogP contribution in [0.25, 0.3) is 123 Å². The molecule has 0 amide bonds. The maximum absolute atomic E-state index is 6.43. The Morgan fingerprint density at radius 3 is 0.879 bits per heavy atom. The second-order valence-electron chi connectivity index (χ2n) is 16.4. The van der Waals surface area contributed by atoms with Gasteiger partial charge in [0.1, 0.15) is 0 Å². The van der Waals surface area contributed by atoms with Crippen LogP contribution < -0.4 is 0 Å². The molecule has 0 N–H and O–H groups in total. The van der Waals surface area contributed by atoms with Gasteiger partial charge in [0.25, 0.3) is 0 Å². The molecule has 310 valence electrons. The van der Waals surface area contributed by atoms with E-state index in [0.29, 0.717) is 23.6 Å². The molecule has 0 bridgehead atoms. The van der Waals surface area contributed by atoms with Crippen molar-refractivity contribution in [2.45, 2.75) is 0 Å². The van der Waals surface area contributed by atoms with E-state index < -0.39 is 0 Å². The first-order valence-electron chi connectivity index (χ1n) is 21.9. The average Bonchev–Trinajstić information content (AvgIpc) is 4.11. The van der Waals surface area contributed by atoms with Crippen molar-refractivity contribution in [1.82, 2.24) is 20.4 Å². The Morgan fingerprint density at radius 1 is 0.197 bits per heavy atom. The standard InChI is InChI=1S/C60H38N4O2/c1-3-11-39(12-4-1)43-19-25-45(26-20-43)55-37-51(59-63-61-57(65-59)49-29-23-41-15-7-9-17-47(41)35-49)31-33-53(55)54-34-32-52(38-56(54)46-27-21-44(22-28-46)40-13-5-2-6-14-40)60-64-62-58(66-60)50-30-24-42-16-8-10-18-48(42)36-50/h1-38H. The summed E-state index contributed by atoms with van der Waals surface area (Å²) in [7, 11) is 0. The van der Waals surface area contributed by atoms with Gasteiger partial charge in [-0.2, -0.15) is 0 Å². The highest BCUT2D eigenvalue weighted by molar-refractivity contribution is 5.95. The van der Waals surface area contributed by atoms with Crippen LogP contribution in [-0.4, -0.2) is 20.4 Å². The van der Waals surface area contributed by atoms with Gasteiger partial charge in [0.2, 0.25) is 23.6 Å². The molecule has 2 heterocycles. The number of hydrogen-bond donors (Lipinski definition) is 0. The first kappa shape index (κ1) is 38.7. The molecule has 2 aromatic heterocycles. The molecule has 12 aromatic rings. The van der Waals surface area contributed by atoms with Crippen LogP contribution in [0.4, 0.5) is 0 Å². The Hall–Kier alpha value is -9.00. The lowest BCUT2D eigenvalue weighted by Gasteiger charge is -2.17. The van der Waals surface area contributed by atoms with Crippen molar-refractivity contribution in [3.63, 3.8) is 0 Å². The van der Waals surface area contributed by atoms with E-state index in [1.54, 1.807) is 0 Å². The highest BCUT2D eigenvalue weighted by atomic mass is 16.4. The second-order valence-corrected chi connectivity index (χ2v) is 16.4. The summed E-state index contributed by atoms with van der Waals surface area (Å²) >= 11 is 0. The summed E-state index contributed by atoms with van der Waals surface area (Å²) in [6.07, 6.45) is 0. The molecule has 0 saturated heterocycles. The fourth-order valence-electron chi connectivity index (χ4n) is 8.81. The zero-order valence-corrected chi connectivity index (χ0v) is 35.5. The number of rotatable bonds is 9. The zero-order valence-electron chi connectivity index (χ0n) is 35.5. The molecule has 0 aliphatic heterocycles. The van der Waals surface area contributed by atoms with Gasteiger partial charge in [0, 0.05) is 22.3 Å². The largest absolute Gasteiger partial charge is 0.416 e. The van der Waals surface area contributed by atoms with Crippen LogP contribution >= 0.6 is 0 Å². The number of hydrogen-bond acceptors (Lipinski definition) is 6. The van der Waals surface area contributed by atoms with Crippen LogP contribution in [0.3, 0.4) is 0 Å². The molecule has 0 spiro atoms. The fourth-order valence-corrected chi connectivity index (χ4v) is 8.81. The summed E-state index contributed by atoms with van der Waals surface area (Å²) in [6.45, 7) is 0. The van der Waals surface area contributed by atoms with E-state index >= 15 is 0 Å². The van der Waals surface area contributed by atoms with E-state index in [9.17, 15) is 0 Å². The lowest BCUT2D eigenvalue weighted by atomic mass is 9.86. The minimum absolute atomic E-state index is 0.442. The van der Waals surface area contributed by atoms with E-state index in [-0.39, 0.29) is 0 Å². The van der Waals surface area contributed by atoms with Gasteiger partial charge in [0.15, 0.2) is 0 Å². The summed E-state index contributed by atoms with van der Waals surface area (Å²) in [5.74, 6) is 1.82. The monoisotopic (exact) mass is 846 g/mol. The maximum Gasteiger partial charge on any atom is 0.248 e. The molecule has 10 aromatic carbocycles. The van der Waals surface area contributed by atoms with Crippen LogP contribution in [-0.2, 0) is 0 Å². The van der Waals surface area contributed by atoms with Crippen molar-refractivity contribution in [1.29, 1.82) is 0 Å². The number of nitrogens with zero attached hydrogens (tertiary/aromatic N) is 4. The third kappa shape index (κ3) is 7.42. The van der Waals surface area contributed by atoms with Gasteiger partial charge in [-0.3, -0.25) is 0 Å². The maximum atomic E-state index is 6.43. The van der Waals surface area contributed by atoms with Crippen LogP contribution in [0.1, 0.15) is 0 Å². The molecule has 0 fully saturated rings. The summed E-state index contributed by atoms with van der Waals surface area (Å²) in [5, 5.41) is 22.7. The summed E-state index contributed by atoms with van der Waals surface area (Å²) in [4.78, 5) is 0. The summed E-state index contributed by atoms with van der Waals surface area (Å²) in [6, 6.07) is 80.1. The molecule has 6 heteroatoms. The van der Waals surface area contributed by atoms with Crippen LogP contribution in [0.5, 0.6) is 0 Å². The molecule has 0 atom stereocenters. The van der Waals surface area contributed by atoms with Crippen LogP contribution in [0, 0.1) is 0 Å². The molecule has 6 nitrogen and oxygen atoms in total. The van der Waals surface area contributed by atoms with Crippen molar-refractivity contribution in [3.05, 3.63) is 231 Å². The molecule has 0 aliphatic carbocycles. The van der Waals surface area contributed by atoms with Crippen molar-refractivity contribution >= 4 is 21.5 Å². The first-order valence-corrected chi connectivity index (χ1v) is 21.9. The normalized spacial score (nSPS) is 11.3. The van der Waals surface area contributed by atoms with E-state index in [1.807, 2.05) is 48.5 Å². The second kappa shape index (κ2) is 16.6. The predicted molar refractivity (Wildman–Crippen MR) is 266 cm³/mol. The molecular formula is C60H38N4O2. The molecule has 0 aliphatic rings. The number of benzene rings is 10. The predicted octanol–water partition coefficient (Wildman–Crippen LogP) is 15.8. The third-order valence-electron chi connectivity index (χ3n) is 12.3. The quantitative estimate of drug-likeness (QED) is 0.144. The molecular weight excluding hydrogens is 809 g/mol. The lowest BCUT2D eigenvalue weighted by molar-refractivity contribution is 0.584. The Kier molecular flexibility index (Phi) is 9.73. The Morgan fingerprint density at radius 2 is 0.485 bits per heavy atom. The third-order valence-corrected chi connectivity index (χ3v) is 12.3. The van der Waals surface area contributed by atoms with Crippen molar-refractivity contribution in [2.24, 2.45) is 0 Å². The molecule has 66 heavy (non-hydrogen) atoms.